The van der Waals surface area contributed by atoms with Crippen molar-refractivity contribution in [1.82, 2.24) is 0 Å². The van der Waals surface area contributed by atoms with E-state index in [4.69, 9.17) is 4.84 Å². The van der Waals surface area contributed by atoms with Crippen molar-refractivity contribution in [2.45, 2.75) is 13.0 Å². The van der Waals surface area contributed by atoms with E-state index in [0.717, 1.165) is 10.5 Å². The Labute approximate surface area is 151 Å². The molecule has 126 valence electrons. The zero-order valence-corrected chi connectivity index (χ0v) is 14.7. The number of fused-ring (bicyclic) bond motifs is 1. The summed E-state index contributed by atoms with van der Waals surface area (Å²) in [6, 6.07) is 11.0. The fourth-order valence-electron chi connectivity index (χ4n) is 3.07. The van der Waals surface area contributed by atoms with Crippen LogP contribution in [0.5, 0.6) is 0 Å². The van der Waals surface area contributed by atoms with Crippen LogP contribution in [-0.4, -0.2) is 23.6 Å². The Hall–Kier alpha value is -2.54. The van der Waals surface area contributed by atoms with E-state index in [2.05, 4.69) is 21.1 Å². The number of carbonyl (C=O) groups is 2. The number of aryl methyl sites for hydroxylation is 1. The fourth-order valence-corrected chi connectivity index (χ4v) is 3.74. The number of nitrogens with zero attached hydrogens (tertiary/aromatic N) is 2. The van der Waals surface area contributed by atoms with Gasteiger partial charge in [0.1, 0.15) is 17.4 Å². The molecule has 1 saturated heterocycles. The third kappa shape index (κ3) is 2.46. The van der Waals surface area contributed by atoms with Crippen molar-refractivity contribution < 1.29 is 18.8 Å². The van der Waals surface area contributed by atoms with Gasteiger partial charge in [0.05, 0.1) is 5.69 Å². The zero-order chi connectivity index (χ0) is 17.7. The highest BCUT2D eigenvalue weighted by Crippen LogP contribution is 2.38. The predicted octanol–water partition coefficient (Wildman–Crippen LogP) is 3.19. The van der Waals surface area contributed by atoms with E-state index in [1.54, 1.807) is 6.07 Å². The molecule has 0 aliphatic carbocycles. The van der Waals surface area contributed by atoms with Crippen LogP contribution in [-0.2, 0) is 14.4 Å². The summed E-state index contributed by atoms with van der Waals surface area (Å²) >= 11 is 3.40. The Morgan fingerprint density at radius 2 is 1.84 bits per heavy atom. The second-order valence-electron chi connectivity index (χ2n) is 5.95. The van der Waals surface area contributed by atoms with Crippen LogP contribution in [0.1, 0.15) is 11.1 Å². The lowest BCUT2D eigenvalue weighted by molar-refractivity contribution is -0.126. The summed E-state index contributed by atoms with van der Waals surface area (Å²) in [6.45, 7) is 1.92. The Kier molecular flexibility index (Phi) is 3.68. The molecule has 7 heteroatoms. The molecule has 2 atom stereocenters. The number of anilines is 1. The first kappa shape index (κ1) is 16.0. The molecule has 5 nitrogen and oxygen atoms in total. The fraction of sp³-hybridized carbons (Fsp3) is 0.167. The van der Waals surface area contributed by atoms with Crippen LogP contribution in [0, 0.1) is 18.7 Å². The summed E-state index contributed by atoms with van der Waals surface area (Å²) < 4.78 is 13.8. The molecule has 0 N–H and O–H groups in total. The van der Waals surface area contributed by atoms with Gasteiger partial charge in [0.2, 0.25) is 12.0 Å². The highest BCUT2D eigenvalue weighted by Gasteiger charge is 2.56. The Balaban J connectivity index is 1.72. The smallest absolute Gasteiger partial charge is 0.279 e. The van der Waals surface area contributed by atoms with Crippen molar-refractivity contribution >= 4 is 39.1 Å². The third-order valence-corrected chi connectivity index (χ3v) is 4.93. The first-order chi connectivity index (χ1) is 12.0. The molecule has 0 spiro atoms. The van der Waals surface area contributed by atoms with Gasteiger partial charge in [-0.05, 0) is 52.7 Å². The lowest BCUT2D eigenvalue weighted by Crippen LogP contribution is -2.33. The van der Waals surface area contributed by atoms with Crippen LogP contribution in [0.2, 0.25) is 0 Å². The summed E-state index contributed by atoms with van der Waals surface area (Å²) in [4.78, 5) is 32.0. The minimum atomic E-state index is -0.985. The van der Waals surface area contributed by atoms with Crippen LogP contribution in [0.4, 0.5) is 10.1 Å². The van der Waals surface area contributed by atoms with Gasteiger partial charge in [0, 0.05) is 10.0 Å². The van der Waals surface area contributed by atoms with Gasteiger partial charge in [-0.3, -0.25) is 9.59 Å². The number of carbonyl (C=O) groups excluding carboxylic acids is 2. The summed E-state index contributed by atoms with van der Waals surface area (Å²) in [5.41, 5.74) is 2.37. The molecular formula is C18H12BrFN2O3. The van der Waals surface area contributed by atoms with Crippen molar-refractivity contribution in [3.05, 3.63) is 63.9 Å². The van der Waals surface area contributed by atoms with Gasteiger partial charge < -0.3 is 4.84 Å². The lowest BCUT2D eigenvalue weighted by atomic mass is 9.94. The van der Waals surface area contributed by atoms with Crippen LogP contribution in [0.3, 0.4) is 0 Å². The molecule has 2 aromatic carbocycles. The van der Waals surface area contributed by atoms with Crippen molar-refractivity contribution in [2.75, 3.05) is 4.90 Å². The number of rotatable bonds is 2. The van der Waals surface area contributed by atoms with Crippen molar-refractivity contribution in [3.8, 4) is 0 Å². The second kappa shape index (κ2) is 5.77. The first-order valence-corrected chi connectivity index (χ1v) is 8.40. The van der Waals surface area contributed by atoms with Gasteiger partial charge in [0.15, 0.2) is 0 Å². The molecule has 2 aromatic rings. The second-order valence-corrected chi connectivity index (χ2v) is 6.81. The molecule has 0 saturated carbocycles. The maximum Gasteiger partial charge on any atom is 0.279 e. The largest absolute Gasteiger partial charge is 0.381 e. The summed E-state index contributed by atoms with van der Waals surface area (Å²) in [5.74, 6) is -2.08. The highest BCUT2D eigenvalue weighted by atomic mass is 79.9. The number of halogens is 2. The topological polar surface area (TPSA) is 59.0 Å². The van der Waals surface area contributed by atoms with E-state index < -0.39 is 23.8 Å². The van der Waals surface area contributed by atoms with Gasteiger partial charge in [-0.1, -0.05) is 23.4 Å². The predicted molar refractivity (Wildman–Crippen MR) is 92.7 cm³/mol. The van der Waals surface area contributed by atoms with Crippen LogP contribution >= 0.6 is 15.9 Å². The van der Waals surface area contributed by atoms with Gasteiger partial charge in [-0.15, -0.1) is 0 Å². The molecule has 2 amide bonds. The van der Waals surface area contributed by atoms with Gasteiger partial charge >= 0.3 is 0 Å². The van der Waals surface area contributed by atoms with Crippen molar-refractivity contribution in [3.63, 3.8) is 0 Å². The maximum atomic E-state index is 13.1. The Morgan fingerprint density at radius 3 is 2.52 bits per heavy atom. The Bertz CT molecular complexity index is 926. The van der Waals surface area contributed by atoms with Gasteiger partial charge in [-0.25, -0.2) is 9.29 Å². The third-order valence-electron chi connectivity index (χ3n) is 4.30. The quantitative estimate of drug-likeness (QED) is 0.724. The van der Waals surface area contributed by atoms with E-state index >= 15 is 0 Å². The molecule has 2 aliphatic rings. The molecule has 2 unspecified atom stereocenters. The van der Waals surface area contributed by atoms with E-state index in [1.807, 2.05) is 19.1 Å². The van der Waals surface area contributed by atoms with E-state index in [1.165, 1.54) is 24.3 Å². The van der Waals surface area contributed by atoms with Crippen molar-refractivity contribution in [2.24, 2.45) is 11.1 Å². The average Bonchev–Trinajstić information content (AvgIpc) is 3.11. The van der Waals surface area contributed by atoms with Crippen molar-refractivity contribution in [1.29, 1.82) is 0 Å². The lowest BCUT2D eigenvalue weighted by Gasteiger charge is -2.17. The Morgan fingerprint density at radius 1 is 1.12 bits per heavy atom. The van der Waals surface area contributed by atoms with Crippen LogP contribution in [0.25, 0.3) is 0 Å². The molecule has 2 heterocycles. The van der Waals surface area contributed by atoms with E-state index in [-0.39, 0.29) is 5.82 Å². The molecule has 4 rings (SSSR count). The maximum absolute atomic E-state index is 13.1. The van der Waals surface area contributed by atoms with Gasteiger partial charge in [0.25, 0.3) is 5.91 Å². The number of amides is 2. The summed E-state index contributed by atoms with van der Waals surface area (Å²) in [5, 5.41) is 3.90. The van der Waals surface area contributed by atoms with Crippen LogP contribution in [0.15, 0.2) is 52.1 Å². The minimum Gasteiger partial charge on any atom is -0.381 e. The number of oxime groups is 1. The zero-order valence-electron chi connectivity index (χ0n) is 13.1. The molecule has 25 heavy (non-hydrogen) atoms. The van der Waals surface area contributed by atoms with E-state index in [0.29, 0.717) is 21.4 Å². The first-order valence-electron chi connectivity index (χ1n) is 7.61. The van der Waals surface area contributed by atoms with Crippen LogP contribution < -0.4 is 4.90 Å². The summed E-state index contributed by atoms with van der Waals surface area (Å²) in [6.07, 6.45) is -0.985. The summed E-state index contributed by atoms with van der Waals surface area (Å²) in [7, 11) is 0. The minimum absolute atomic E-state index is 0.342. The highest BCUT2D eigenvalue weighted by molar-refractivity contribution is 9.10. The average molecular weight is 403 g/mol. The molecular weight excluding hydrogens is 391 g/mol. The number of hydrogen-bond acceptors (Lipinski definition) is 4. The van der Waals surface area contributed by atoms with E-state index in [9.17, 15) is 14.0 Å². The molecule has 0 aromatic heterocycles. The number of imide groups is 1. The normalized spacial score (nSPS) is 22.0. The number of hydrogen-bond donors (Lipinski definition) is 0. The SMILES string of the molecule is Cc1ccc(N2C(=O)C3ON=C(c4ccc(F)cc4)C3C2=O)c(Br)c1. The number of benzene rings is 2. The monoisotopic (exact) mass is 402 g/mol. The van der Waals surface area contributed by atoms with Gasteiger partial charge in [-0.2, -0.15) is 0 Å². The molecule has 0 radical (unpaired) electrons. The standard InChI is InChI=1S/C18H12BrFN2O3/c1-9-2-7-13(12(19)8-9)22-17(23)14-15(21-25-16(14)18(22)24)10-3-5-11(20)6-4-10/h2-8,14,16H,1H3. The molecule has 2 aliphatic heterocycles. The molecule has 1 fully saturated rings. The molecule has 0 bridgehead atoms.